The molecule has 0 aliphatic heterocycles. The Morgan fingerprint density at radius 1 is 1.35 bits per heavy atom. The van der Waals surface area contributed by atoms with Gasteiger partial charge in [-0.2, -0.15) is 0 Å². The van der Waals surface area contributed by atoms with Crippen molar-refractivity contribution < 1.29 is 5.11 Å². The van der Waals surface area contributed by atoms with Gasteiger partial charge < -0.3 is 5.11 Å². The predicted octanol–water partition coefficient (Wildman–Crippen LogP) is 3.17. The van der Waals surface area contributed by atoms with E-state index in [0.29, 0.717) is 6.42 Å². The smallest absolute Gasteiger partial charge is 0.122 e. The van der Waals surface area contributed by atoms with E-state index in [-0.39, 0.29) is 5.41 Å². The normalized spacial score (nSPS) is 13.9. The summed E-state index contributed by atoms with van der Waals surface area (Å²) in [4.78, 5) is 8.68. The Bertz CT molecular complexity index is 471. The minimum atomic E-state index is -0.533. The molecule has 2 rings (SSSR count). The zero-order valence-electron chi connectivity index (χ0n) is 10.2. The number of nitrogens with zero attached hydrogens (tertiary/aromatic N) is 2. The molecule has 2 aromatic heterocycles. The standard InChI is InChI=1S/C12H16N2OS2/c1-12(2,3)9-7-17-10(14-9)6-8(15)11-13-4-5-16-11/h4-5,7-8,15H,6H2,1-3H3. The number of hydrogen-bond donors (Lipinski definition) is 1. The van der Waals surface area contributed by atoms with E-state index in [4.69, 9.17) is 0 Å². The molecule has 2 aromatic rings. The van der Waals surface area contributed by atoms with E-state index in [1.54, 1.807) is 17.5 Å². The van der Waals surface area contributed by atoms with Gasteiger partial charge in [0, 0.05) is 28.8 Å². The molecule has 5 heteroatoms. The molecule has 1 atom stereocenters. The largest absolute Gasteiger partial charge is 0.385 e. The van der Waals surface area contributed by atoms with Crippen molar-refractivity contribution in [2.75, 3.05) is 0 Å². The molecular formula is C12H16N2OS2. The summed E-state index contributed by atoms with van der Waals surface area (Å²) in [5, 5.41) is 15.7. The second-order valence-corrected chi connectivity index (χ2v) is 6.84. The lowest BCUT2D eigenvalue weighted by Crippen LogP contribution is -2.11. The molecule has 1 N–H and O–H groups in total. The van der Waals surface area contributed by atoms with Crippen LogP contribution in [0.3, 0.4) is 0 Å². The SMILES string of the molecule is CC(C)(C)c1csc(CC(O)c2nccs2)n1. The van der Waals surface area contributed by atoms with E-state index in [1.807, 2.05) is 5.38 Å². The van der Waals surface area contributed by atoms with Crippen LogP contribution in [0.1, 0.15) is 42.6 Å². The first-order valence-electron chi connectivity index (χ1n) is 5.49. The molecule has 0 fully saturated rings. The van der Waals surface area contributed by atoms with Crippen molar-refractivity contribution in [2.24, 2.45) is 0 Å². The van der Waals surface area contributed by atoms with Crippen molar-refractivity contribution in [2.45, 2.75) is 38.7 Å². The molecule has 0 aromatic carbocycles. The first kappa shape index (κ1) is 12.7. The maximum Gasteiger partial charge on any atom is 0.122 e. The van der Waals surface area contributed by atoms with Crippen LogP contribution in [-0.4, -0.2) is 15.1 Å². The van der Waals surface area contributed by atoms with Crippen LogP contribution in [0.25, 0.3) is 0 Å². The summed E-state index contributed by atoms with van der Waals surface area (Å²) < 4.78 is 0. The number of aliphatic hydroxyl groups is 1. The van der Waals surface area contributed by atoms with Gasteiger partial charge in [-0.25, -0.2) is 9.97 Å². The van der Waals surface area contributed by atoms with Crippen LogP contribution in [0.5, 0.6) is 0 Å². The van der Waals surface area contributed by atoms with Gasteiger partial charge in [0.25, 0.3) is 0 Å². The van der Waals surface area contributed by atoms with E-state index in [0.717, 1.165) is 15.7 Å². The third kappa shape index (κ3) is 3.12. The molecular weight excluding hydrogens is 252 g/mol. The van der Waals surface area contributed by atoms with Gasteiger partial charge in [0.15, 0.2) is 0 Å². The van der Waals surface area contributed by atoms with Gasteiger partial charge in [0.1, 0.15) is 11.1 Å². The number of aliphatic hydroxyl groups excluding tert-OH is 1. The fraction of sp³-hybridized carbons (Fsp3) is 0.500. The molecule has 0 radical (unpaired) electrons. The van der Waals surface area contributed by atoms with E-state index in [2.05, 4.69) is 36.1 Å². The summed E-state index contributed by atoms with van der Waals surface area (Å²) in [5.41, 5.74) is 1.16. The van der Waals surface area contributed by atoms with Crippen LogP contribution in [-0.2, 0) is 11.8 Å². The van der Waals surface area contributed by atoms with Crippen LogP contribution >= 0.6 is 22.7 Å². The van der Waals surface area contributed by atoms with Crippen LogP contribution in [0.2, 0.25) is 0 Å². The van der Waals surface area contributed by atoms with Crippen molar-refractivity contribution in [1.29, 1.82) is 0 Å². The second-order valence-electron chi connectivity index (χ2n) is 4.97. The van der Waals surface area contributed by atoms with E-state index in [9.17, 15) is 5.11 Å². The van der Waals surface area contributed by atoms with E-state index in [1.165, 1.54) is 11.3 Å². The van der Waals surface area contributed by atoms with Crippen molar-refractivity contribution in [3.63, 3.8) is 0 Å². The number of rotatable bonds is 3. The predicted molar refractivity (Wildman–Crippen MR) is 71.6 cm³/mol. The highest BCUT2D eigenvalue weighted by Gasteiger charge is 2.19. The maximum atomic E-state index is 9.99. The summed E-state index contributed by atoms with van der Waals surface area (Å²) in [6.45, 7) is 6.43. The molecule has 0 amide bonds. The molecule has 2 heterocycles. The monoisotopic (exact) mass is 268 g/mol. The van der Waals surface area contributed by atoms with Crippen LogP contribution in [0, 0.1) is 0 Å². The van der Waals surface area contributed by atoms with E-state index < -0.39 is 6.10 Å². The van der Waals surface area contributed by atoms with Gasteiger partial charge in [0.05, 0.1) is 10.7 Å². The Morgan fingerprint density at radius 3 is 2.65 bits per heavy atom. The zero-order chi connectivity index (χ0) is 12.5. The molecule has 0 spiro atoms. The van der Waals surface area contributed by atoms with Gasteiger partial charge in [-0.05, 0) is 0 Å². The van der Waals surface area contributed by atoms with Crippen molar-refractivity contribution in [1.82, 2.24) is 9.97 Å². The lowest BCUT2D eigenvalue weighted by molar-refractivity contribution is 0.178. The Hall–Kier alpha value is -0.780. The number of hydrogen-bond acceptors (Lipinski definition) is 5. The fourth-order valence-corrected chi connectivity index (χ4v) is 3.08. The van der Waals surface area contributed by atoms with Crippen LogP contribution in [0.15, 0.2) is 17.0 Å². The molecule has 3 nitrogen and oxygen atoms in total. The first-order valence-corrected chi connectivity index (χ1v) is 7.25. The Kier molecular flexibility index (Phi) is 3.61. The van der Waals surface area contributed by atoms with Crippen LogP contribution < -0.4 is 0 Å². The molecule has 92 valence electrons. The van der Waals surface area contributed by atoms with Crippen molar-refractivity contribution >= 4 is 22.7 Å². The van der Waals surface area contributed by atoms with Crippen molar-refractivity contribution in [3.05, 3.63) is 32.7 Å². The summed E-state index contributed by atoms with van der Waals surface area (Å²) in [6.07, 6.45) is 1.73. The quantitative estimate of drug-likeness (QED) is 0.930. The van der Waals surface area contributed by atoms with Gasteiger partial charge in [-0.3, -0.25) is 0 Å². The minimum absolute atomic E-state index is 0.0703. The lowest BCUT2D eigenvalue weighted by Gasteiger charge is -2.14. The summed E-state index contributed by atoms with van der Waals surface area (Å²) in [7, 11) is 0. The molecule has 0 bridgehead atoms. The zero-order valence-corrected chi connectivity index (χ0v) is 11.8. The average Bonchev–Trinajstić information content (AvgIpc) is 2.85. The molecule has 0 aliphatic rings. The number of thiazole rings is 2. The Balaban J connectivity index is 2.07. The topological polar surface area (TPSA) is 46.0 Å². The Labute approximate surface area is 109 Å². The third-order valence-electron chi connectivity index (χ3n) is 2.42. The molecule has 0 aliphatic carbocycles. The summed E-state index contributed by atoms with van der Waals surface area (Å²) in [5.74, 6) is 0. The number of aromatic nitrogens is 2. The summed E-state index contributed by atoms with van der Waals surface area (Å²) >= 11 is 3.09. The molecule has 0 saturated heterocycles. The first-order chi connectivity index (χ1) is 7.97. The van der Waals surface area contributed by atoms with Gasteiger partial charge >= 0.3 is 0 Å². The Morgan fingerprint density at radius 2 is 2.12 bits per heavy atom. The lowest BCUT2D eigenvalue weighted by atomic mass is 9.93. The van der Waals surface area contributed by atoms with Gasteiger partial charge in [-0.1, -0.05) is 20.8 Å². The van der Waals surface area contributed by atoms with Gasteiger partial charge in [-0.15, -0.1) is 22.7 Å². The molecule has 17 heavy (non-hydrogen) atoms. The summed E-state index contributed by atoms with van der Waals surface area (Å²) in [6, 6.07) is 0. The van der Waals surface area contributed by atoms with Crippen LogP contribution in [0.4, 0.5) is 0 Å². The molecule has 0 saturated carbocycles. The highest BCUT2D eigenvalue weighted by atomic mass is 32.1. The van der Waals surface area contributed by atoms with Crippen molar-refractivity contribution in [3.8, 4) is 0 Å². The van der Waals surface area contributed by atoms with Gasteiger partial charge in [0.2, 0.25) is 0 Å². The van der Waals surface area contributed by atoms with E-state index >= 15 is 0 Å². The highest BCUT2D eigenvalue weighted by molar-refractivity contribution is 7.10. The minimum Gasteiger partial charge on any atom is -0.385 e. The molecule has 1 unspecified atom stereocenters. The average molecular weight is 268 g/mol. The third-order valence-corrected chi connectivity index (χ3v) is 4.17. The highest BCUT2D eigenvalue weighted by Crippen LogP contribution is 2.27. The second kappa shape index (κ2) is 4.84. The maximum absolute atomic E-state index is 9.99. The fourth-order valence-electron chi connectivity index (χ4n) is 1.40.